The third kappa shape index (κ3) is 1.30. The molecule has 0 aromatic heterocycles. The first-order valence-electron chi connectivity index (χ1n) is 4.13. The first-order chi connectivity index (χ1) is 5.57. The Kier molecular flexibility index (Phi) is 1.59. The van der Waals surface area contributed by atoms with Crippen molar-refractivity contribution in [2.45, 2.75) is 38.3 Å². The molecule has 1 aliphatic carbocycles. The van der Waals surface area contributed by atoms with Crippen molar-refractivity contribution in [3.05, 3.63) is 12.2 Å². The van der Waals surface area contributed by atoms with Crippen molar-refractivity contribution < 1.29 is 14.3 Å². The van der Waals surface area contributed by atoms with Crippen LogP contribution in [0.2, 0.25) is 0 Å². The highest BCUT2D eigenvalue weighted by Crippen LogP contribution is 2.32. The summed E-state index contributed by atoms with van der Waals surface area (Å²) < 4.78 is 11.1. The number of rotatable bonds is 0. The largest absolute Gasteiger partial charge is 0.344 e. The zero-order valence-corrected chi connectivity index (χ0v) is 7.24. The van der Waals surface area contributed by atoms with Gasteiger partial charge < -0.3 is 9.47 Å². The molecule has 0 saturated carbocycles. The summed E-state index contributed by atoms with van der Waals surface area (Å²) >= 11 is 0. The van der Waals surface area contributed by atoms with Crippen LogP contribution in [0.15, 0.2) is 12.2 Å². The van der Waals surface area contributed by atoms with Gasteiger partial charge >= 0.3 is 0 Å². The fourth-order valence-corrected chi connectivity index (χ4v) is 1.65. The molecule has 1 aliphatic heterocycles. The van der Waals surface area contributed by atoms with Crippen molar-refractivity contribution in [1.29, 1.82) is 0 Å². The average molecular weight is 168 g/mol. The minimum Gasteiger partial charge on any atom is -0.344 e. The Labute approximate surface area is 71.3 Å². The second kappa shape index (κ2) is 2.41. The number of hydrogen-bond donors (Lipinski definition) is 0. The number of carbonyl (C=O) groups excluding carboxylic acids is 1. The smallest absolute Gasteiger partial charge is 0.164 e. The van der Waals surface area contributed by atoms with Crippen molar-refractivity contribution >= 4 is 5.78 Å². The average Bonchev–Trinajstić information content (AvgIpc) is 2.21. The van der Waals surface area contributed by atoms with Crippen LogP contribution in [0, 0.1) is 0 Å². The molecule has 0 bridgehead atoms. The quantitative estimate of drug-likeness (QED) is 0.542. The van der Waals surface area contributed by atoms with Gasteiger partial charge in [0.1, 0.15) is 6.10 Å². The lowest BCUT2D eigenvalue weighted by Gasteiger charge is -2.16. The third-order valence-electron chi connectivity index (χ3n) is 2.10. The topological polar surface area (TPSA) is 35.5 Å². The molecule has 0 spiro atoms. The third-order valence-corrected chi connectivity index (χ3v) is 2.10. The molecule has 1 unspecified atom stereocenters. The highest BCUT2D eigenvalue weighted by Gasteiger charge is 2.42. The van der Waals surface area contributed by atoms with E-state index in [4.69, 9.17) is 9.47 Å². The zero-order chi connectivity index (χ0) is 8.77. The van der Waals surface area contributed by atoms with Gasteiger partial charge in [-0.25, -0.2) is 0 Å². The van der Waals surface area contributed by atoms with Crippen molar-refractivity contribution in [2.24, 2.45) is 0 Å². The Bertz CT molecular complexity index is 242. The zero-order valence-electron chi connectivity index (χ0n) is 7.24. The van der Waals surface area contributed by atoms with Crippen LogP contribution in [-0.4, -0.2) is 23.8 Å². The summed E-state index contributed by atoms with van der Waals surface area (Å²) in [6, 6.07) is 0. The van der Waals surface area contributed by atoms with Gasteiger partial charge in [-0.2, -0.15) is 0 Å². The standard InChI is InChI=1S/C9H12O3/c1-9(2)11-7-4-3-6(10)5-8(7)12-9/h3-4,7-8H,5H2,1-2H3/t7?,8-/m1/s1. The number of ketones is 1. The lowest BCUT2D eigenvalue weighted by atomic mass is 10.0. The molecule has 12 heavy (non-hydrogen) atoms. The van der Waals surface area contributed by atoms with Crippen LogP contribution in [0.4, 0.5) is 0 Å². The number of ether oxygens (including phenoxy) is 2. The predicted octanol–water partition coefficient (Wildman–Crippen LogP) is 1.04. The van der Waals surface area contributed by atoms with Gasteiger partial charge in [0.15, 0.2) is 11.6 Å². The maximum Gasteiger partial charge on any atom is 0.164 e. The fourth-order valence-electron chi connectivity index (χ4n) is 1.65. The molecular weight excluding hydrogens is 156 g/mol. The van der Waals surface area contributed by atoms with E-state index in [9.17, 15) is 4.79 Å². The fraction of sp³-hybridized carbons (Fsp3) is 0.667. The molecule has 1 saturated heterocycles. The lowest BCUT2D eigenvalue weighted by molar-refractivity contribution is -0.144. The van der Waals surface area contributed by atoms with Gasteiger partial charge in [-0.15, -0.1) is 0 Å². The SMILES string of the molecule is CC1(C)OC2C=CC(=O)C[C@H]2O1. The Morgan fingerprint density at radius 1 is 1.50 bits per heavy atom. The summed E-state index contributed by atoms with van der Waals surface area (Å²) in [6.45, 7) is 3.73. The Balaban J connectivity index is 2.17. The molecule has 0 aromatic rings. The van der Waals surface area contributed by atoms with Gasteiger partial charge in [0.05, 0.1) is 6.10 Å². The van der Waals surface area contributed by atoms with Gasteiger partial charge in [0, 0.05) is 6.42 Å². The van der Waals surface area contributed by atoms with Crippen molar-refractivity contribution in [1.82, 2.24) is 0 Å². The van der Waals surface area contributed by atoms with Crippen LogP contribution < -0.4 is 0 Å². The van der Waals surface area contributed by atoms with Crippen LogP contribution in [-0.2, 0) is 14.3 Å². The van der Waals surface area contributed by atoms with E-state index in [1.165, 1.54) is 0 Å². The van der Waals surface area contributed by atoms with E-state index in [0.717, 1.165) is 0 Å². The normalized spacial score (nSPS) is 38.3. The molecule has 1 fully saturated rings. The molecule has 0 radical (unpaired) electrons. The predicted molar refractivity (Wildman–Crippen MR) is 42.6 cm³/mol. The summed E-state index contributed by atoms with van der Waals surface area (Å²) in [5.74, 6) is -0.415. The maximum absolute atomic E-state index is 11.0. The molecule has 2 aliphatic rings. The molecule has 3 heteroatoms. The molecule has 0 N–H and O–H groups in total. The van der Waals surface area contributed by atoms with Gasteiger partial charge in [-0.1, -0.05) is 0 Å². The van der Waals surface area contributed by atoms with E-state index in [0.29, 0.717) is 6.42 Å². The second-order valence-electron chi connectivity index (χ2n) is 3.67. The molecule has 2 rings (SSSR count). The van der Waals surface area contributed by atoms with E-state index in [1.54, 1.807) is 12.2 Å². The molecular formula is C9H12O3. The highest BCUT2D eigenvalue weighted by molar-refractivity contribution is 5.91. The van der Waals surface area contributed by atoms with E-state index >= 15 is 0 Å². The Morgan fingerprint density at radius 2 is 2.25 bits per heavy atom. The minimum absolute atomic E-state index is 0.0299. The molecule has 3 nitrogen and oxygen atoms in total. The molecule has 66 valence electrons. The van der Waals surface area contributed by atoms with Gasteiger partial charge in [0.2, 0.25) is 0 Å². The van der Waals surface area contributed by atoms with Gasteiger partial charge in [-0.3, -0.25) is 4.79 Å². The van der Waals surface area contributed by atoms with Crippen molar-refractivity contribution in [3.63, 3.8) is 0 Å². The summed E-state index contributed by atoms with van der Waals surface area (Å²) in [6.07, 6.45) is 3.71. The van der Waals surface area contributed by atoms with E-state index in [-0.39, 0.29) is 18.0 Å². The summed E-state index contributed by atoms with van der Waals surface area (Å²) in [5.41, 5.74) is 0. The molecule has 2 atom stereocenters. The van der Waals surface area contributed by atoms with Gasteiger partial charge in [-0.05, 0) is 26.0 Å². The van der Waals surface area contributed by atoms with Crippen molar-refractivity contribution in [2.75, 3.05) is 0 Å². The van der Waals surface area contributed by atoms with Crippen LogP contribution in [0.1, 0.15) is 20.3 Å². The number of fused-ring (bicyclic) bond motifs is 1. The van der Waals surface area contributed by atoms with Crippen LogP contribution in [0.3, 0.4) is 0 Å². The van der Waals surface area contributed by atoms with E-state index in [2.05, 4.69) is 0 Å². The van der Waals surface area contributed by atoms with Gasteiger partial charge in [0.25, 0.3) is 0 Å². The number of hydrogen-bond acceptors (Lipinski definition) is 3. The maximum atomic E-state index is 11.0. The van der Waals surface area contributed by atoms with Crippen LogP contribution in [0.5, 0.6) is 0 Å². The highest BCUT2D eigenvalue weighted by atomic mass is 16.7. The summed E-state index contributed by atoms with van der Waals surface area (Å²) in [4.78, 5) is 11.0. The van der Waals surface area contributed by atoms with E-state index < -0.39 is 5.79 Å². The Morgan fingerprint density at radius 3 is 3.00 bits per heavy atom. The van der Waals surface area contributed by atoms with Crippen LogP contribution in [0.25, 0.3) is 0 Å². The monoisotopic (exact) mass is 168 g/mol. The molecule has 0 amide bonds. The van der Waals surface area contributed by atoms with Crippen molar-refractivity contribution in [3.8, 4) is 0 Å². The minimum atomic E-state index is -0.537. The lowest BCUT2D eigenvalue weighted by Crippen LogP contribution is -2.27. The molecule has 0 aromatic carbocycles. The van der Waals surface area contributed by atoms with E-state index in [1.807, 2.05) is 13.8 Å². The number of carbonyl (C=O) groups is 1. The summed E-state index contributed by atoms with van der Waals surface area (Å²) in [5, 5.41) is 0. The second-order valence-corrected chi connectivity index (χ2v) is 3.67. The Hall–Kier alpha value is -0.670. The van der Waals surface area contributed by atoms with Crippen LogP contribution >= 0.6 is 0 Å². The summed E-state index contributed by atoms with van der Waals surface area (Å²) in [7, 11) is 0. The first-order valence-corrected chi connectivity index (χ1v) is 4.13. The first kappa shape index (κ1) is 7.95. The molecule has 1 heterocycles. The number of allylic oxidation sites excluding steroid dienone is 1.